The number of ether oxygens (including phenoxy) is 2. The molecule has 0 spiro atoms. The van der Waals surface area contributed by atoms with E-state index >= 15 is 0 Å². The molecule has 186 valence electrons. The molecule has 0 aliphatic heterocycles. The molecular formula is C24H35N5O5. The van der Waals surface area contributed by atoms with E-state index in [1.165, 1.54) is 0 Å². The van der Waals surface area contributed by atoms with Crippen molar-refractivity contribution >= 4 is 12.1 Å². The van der Waals surface area contributed by atoms with Crippen LogP contribution in [-0.4, -0.2) is 60.7 Å². The largest absolute Gasteiger partial charge is 0.489 e. The molecule has 1 aliphatic rings. The lowest BCUT2D eigenvalue weighted by molar-refractivity contribution is -0.143. The molecule has 1 fully saturated rings. The Kier molecular flexibility index (Phi) is 8.11. The van der Waals surface area contributed by atoms with E-state index in [0.717, 1.165) is 25.7 Å². The maximum Gasteiger partial charge on any atom is 0.410 e. The maximum atomic E-state index is 12.6. The summed E-state index contributed by atoms with van der Waals surface area (Å²) in [4.78, 5) is 30.0. The zero-order chi connectivity index (χ0) is 24.9. The average molecular weight is 474 g/mol. The van der Waals surface area contributed by atoms with Crippen LogP contribution in [0.5, 0.6) is 5.75 Å². The van der Waals surface area contributed by atoms with Crippen LogP contribution in [0.15, 0.2) is 18.3 Å². The van der Waals surface area contributed by atoms with Crippen molar-refractivity contribution in [3.8, 4) is 17.1 Å². The number of carbonyl (C=O) groups excluding carboxylic acids is 1. The molecule has 34 heavy (non-hydrogen) atoms. The summed E-state index contributed by atoms with van der Waals surface area (Å²) in [7, 11) is 3.48. The van der Waals surface area contributed by atoms with Gasteiger partial charge in [0.2, 0.25) is 0 Å². The quantitative estimate of drug-likeness (QED) is 0.579. The molecule has 10 nitrogen and oxygen atoms in total. The van der Waals surface area contributed by atoms with E-state index < -0.39 is 12.1 Å². The molecule has 2 aromatic rings. The molecule has 0 bridgehead atoms. The van der Waals surface area contributed by atoms with Crippen LogP contribution in [0.4, 0.5) is 4.79 Å². The summed E-state index contributed by atoms with van der Waals surface area (Å²) < 4.78 is 13.1. The lowest BCUT2D eigenvalue weighted by atomic mass is 9.87. The standard InChI is InChI=1S/C24H35N5O5/c1-6-12-24(2,3)28(4)23(32)33-15-20-21(26-27-29(20)5)19-11-10-18(14-25-19)34-17-9-7-8-16(13-17)22(30)31/h10-11,14,16-17H,6-9,12-13,15H2,1-5H3,(H,30,31)/t16-,17-/m0/s1. The fourth-order valence-corrected chi connectivity index (χ4v) is 4.25. The van der Waals surface area contributed by atoms with Gasteiger partial charge >= 0.3 is 12.1 Å². The van der Waals surface area contributed by atoms with Crippen molar-refractivity contribution in [3.63, 3.8) is 0 Å². The van der Waals surface area contributed by atoms with Gasteiger partial charge in [-0.25, -0.2) is 9.48 Å². The highest BCUT2D eigenvalue weighted by molar-refractivity contribution is 5.70. The normalized spacial score (nSPS) is 18.4. The summed E-state index contributed by atoms with van der Waals surface area (Å²) in [5.74, 6) is -0.545. The van der Waals surface area contributed by atoms with Crippen LogP contribution >= 0.6 is 0 Å². The van der Waals surface area contributed by atoms with Crippen LogP contribution in [0, 0.1) is 5.92 Å². The lowest BCUT2D eigenvalue weighted by Crippen LogP contribution is -2.45. The van der Waals surface area contributed by atoms with Gasteiger partial charge in [-0.1, -0.05) is 18.6 Å². The number of hydrogen-bond donors (Lipinski definition) is 1. The van der Waals surface area contributed by atoms with E-state index in [9.17, 15) is 14.7 Å². The molecule has 1 N–H and O–H groups in total. The summed E-state index contributed by atoms with van der Waals surface area (Å²) in [5.41, 5.74) is 1.44. The van der Waals surface area contributed by atoms with Gasteiger partial charge in [0.25, 0.3) is 0 Å². The molecule has 2 aromatic heterocycles. The first-order valence-electron chi connectivity index (χ1n) is 11.8. The van der Waals surface area contributed by atoms with Gasteiger partial charge in [-0.2, -0.15) is 0 Å². The first-order valence-corrected chi connectivity index (χ1v) is 11.8. The SMILES string of the molecule is CCCC(C)(C)N(C)C(=O)OCc1c(-c2ccc(O[C@H]3CCC[C@H](C(=O)O)C3)cn2)nnn1C. The van der Waals surface area contributed by atoms with Crippen molar-refractivity contribution in [3.05, 3.63) is 24.0 Å². The highest BCUT2D eigenvalue weighted by atomic mass is 16.6. The fraction of sp³-hybridized carbons (Fsp3) is 0.625. The van der Waals surface area contributed by atoms with Gasteiger partial charge in [-0.15, -0.1) is 5.10 Å². The molecule has 10 heteroatoms. The van der Waals surface area contributed by atoms with Crippen molar-refractivity contribution in [2.24, 2.45) is 13.0 Å². The molecule has 0 radical (unpaired) electrons. The Bertz CT molecular complexity index is 988. The van der Waals surface area contributed by atoms with Crippen LogP contribution in [0.25, 0.3) is 11.4 Å². The second-order valence-electron chi connectivity index (χ2n) is 9.51. The maximum absolute atomic E-state index is 12.6. The van der Waals surface area contributed by atoms with Crippen molar-refractivity contribution in [2.75, 3.05) is 7.05 Å². The Balaban J connectivity index is 1.65. The van der Waals surface area contributed by atoms with Crippen LogP contribution in [0.2, 0.25) is 0 Å². The fourth-order valence-electron chi connectivity index (χ4n) is 4.25. The third kappa shape index (κ3) is 6.03. The van der Waals surface area contributed by atoms with Crippen LogP contribution in [0.3, 0.4) is 0 Å². The van der Waals surface area contributed by atoms with E-state index in [1.54, 1.807) is 42.0 Å². The first-order chi connectivity index (χ1) is 16.1. The Morgan fingerprint density at radius 1 is 1.29 bits per heavy atom. The summed E-state index contributed by atoms with van der Waals surface area (Å²) in [5, 5.41) is 17.5. The summed E-state index contributed by atoms with van der Waals surface area (Å²) >= 11 is 0. The molecular weight excluding hydrogens is 438 g/mol. The van der Waals surface area contributed by atoms with E-state index in [2.05, 4.69) is 22.2 Å². The highest BCUT2D eigenvalue weighted by Gasteiger charge is 2.29. The minimum absolute atomic E-state index is 0.0167. The molecule has 2 heterocycles. The molecule has 3 rings (SSSR count). The van der Waals surface area contributed by atoms with Crippen LogP contribution in [0.1, 0.15) is 65.0 Å². The molecule has 0 unspecified atom stereocenters. The number of carboxylic acids is 1. The van der Waals surface area contributed by atoms with Crippen molar-refractivity contribution in [1.82, 2.24) is 24.9 Å². The Hall–Kier alpha value is -3.17. The van der Waals surface area contributed by atoms with Gasteiger partial charge in [0.15, 0.2) is 0 Å². The third-order valence-electron chi connectivity index (χ3n) is 6.58. The van der Waals surface area contributed by atoms with Gasteiger partial charge in [-0.05, 0) is 58.1 Å². The van der Waals surface area contributed by atoms with Crippen molar-refractivity contribution in [2.45, 2.75) is 77.5 Å². The number of hydrogen-bond acceptors (Lipinski definition) is 7. The molecule has 2 atom stereocenters. The molecule has 0 saturated heterocycles. The number of nitrogens with zero attached hydrogens (tertiary/aromatic N) is 5. The number of aliphatic carboxylic acids is 1. The van der Waals surface area contributed by atoms with E-state index in [1.807, 2.05) is 13.8 Å². The summed E-state index contributed by atoms with van der Waals surface area (Å²) in [6.07, 6.45) is 5.75. The second kappa shape index (κ2) is 10.8. The minimum atomic E-state index is -0.766. The van der Waals surface area contributed by atoms with Gasteiger partial charge in [0, 0.05) is 19.6 Å². The highest BCUT2D eigenvalue weighted by Crippen LogP contribution is 2.29. The monoisotopic (exact) mass is 473 g/mol. The summed E-state index contributed by atoms with van der Waals surface area (Å²) in [6.45, 7) is 6.12. The predicted molar refractivity (Wildman–Crippen MR) is 125 cm³/mol. The number of aryl methyl sites for hydroxylation is 1. The number of amides is 1. The first kappa shape index (κ1) is 25.5. The molecule has 1 aliphatic carbocycles. The smallest absolute Gasteiger partial charge is 0.410 e. The van der Waals surface area contributed by atoms with Gasteiger partial charge < -0.3 is 19.5 Å². The average Bonchev–Trinajstić information content (AvgIpc) is 3.17. The van der Waals surface area contributed by atoms with Gasteiger partial charge in [0.1, 0.15) is 23.7 Å². The number of pyridine rings is 1. The molecule has 1 amide bonds. The number of rotatable bonds is 9. The topological polar surface area (TPSA) is 120 Å². The van der Waals surface area contributed by atoms with Gasteiger partial charge in [0.05, 0.1) is 23.9 Å². The minimum Gasteiger partial charge on any atom is -0.489 e. The summed E-state index contributed by atoms with van der Waals surface area (Å²) in [6, 6.07) is 3.57. The Morgan fingerprint density at radius 2 is 2.06 bits per heavy atom. The van der Waals surface area contributed by atoms with Crippen molar-refractivity contribution < 1.29 is 24.2 Å². The predicted octanol–water partition coefficient (Wildman–Crippen LogP) is 4.05. The Labute approximate surface area is 200 Å². The van der Waals surface area contributed by atoms with Crippen LogP contribution in [-0.2, 0) is 23.2 Å². The molecule has 0 aromatic carbocycles. The zero-order valence-corrected chi connectivity index (χ0v) is 20.7. The third-order valence-corrected chi connectivity index (χ3v) is 6.58. The van der Waals surface area contributed by atoms with Crippen molar-refractivity contribution in [1.29, 1.82) is 0 Å². The van der Waals surface area contributed by atoms with E-state index in [4.69, 9.17) is 9.47 Å². The van der Waals surface area contributed by atoms with E-state index in [-0.39, 0.29) is 24.2 Å². The van der Waals surface area contributed by atoms with Gasteiger partial charge in [-0.3, -0.25) is 9.78 Å². The lowest BCUT2D eigenvalue weighted by Gasteiger charge is -2.34. The number of carbonyl (C=O) groups is 2. The zero-order valence-electron chi connectivity index (χ0n) is 20.7. The Morgan fingerprint density at radius 3 is 2.71 bits per heavy atom. The molecule has 1 saturated carbocycles. The number of carboxylic acid groups (broad SMARTS) is 1. The second-order valence-corrected chi connectivity index (χ2v) is 9.51. The van der Waals surface area contributed by atoms with Crippen LogP contribution < -0.4 is 4.74 Å². The van der Waals surface area contributed by atoms with E-state index in [0.29, 0.717) is 35.7 Å². The number of aromatic nitrogens is 4.